The number of imidazole rings is 1. The molecule has 0 radical (unpaired) electrons. The fourth-order valence-corrected chi connectivity index (χ4v) is 1.93. The molecule has 4 heteroatoms. The minimum atomic E-state index is 0.303. The van der Waals surface area contributed by atoms with Crippen molar-refractivity contribution in [3.63, 3.8) is 0 Å². The van der Waals surface area contributed by atoms with Gasteiger partial charge in [0.25, 0.3) is 0 Å². The van der Waals surface area contributed by atoms with Crippen LogP contribution in [0.5, 0.6) is 17.5 Å². The van der Waals surface area contributed by atoms with Crippen molar-refractivity contribution in [1.29, 1.82) is 0 Å². The molecule has 4 nitrogen and oxygen atoms in total. The summed E-state index contributed by atoms with van der Waals surface area (Å²) < 4.78 is 13.2. The number of rotatable bonds is 4. The molecule has 0 unspecified atom stereocenters. The highest BCUT2D eigenvalue weighted by molar-refractivity contribution is 5.41. The number of para-hydroxylation sites is 2. The quantitative estimate of drug-likeness (QED) is 0.827. The monoisotopic (exact) mass is 246 g/mol. The number of ether oxygens (including phenoxy) is 2. The van der Waals surface area contributed by atoms with Gasteiger partial charge in [-0.15, -0.1) is 0 Å². The number of aromatic nitrogens is 2. The second-order valence-electron chi connectivity index (χ2n) is 4.40. The molecule has 0 bridgehead atoms. The predicted octanol–water partition coefficient (Wildman–Crippen LogP) is 3.57. The van der Waals surface area contributed by atoms with Crippen molar-refractivity contribution in [1.82, 2.24) is 9.55 Å². The van der Waals surface area contributed by atoms with E-state index in [0.29, 0.717) is 23.6 Å². The van der Waals surface area contributed by atoms with Crippen LogP contribution in [-0.4, -0.2) is 16.7 Å². The lowest BCUT2D eigenvalue weighted by Crippen LogP contribution is -2.05. The van der Waals surface area contributed by atoms with Gasteiger partial charge in [0.2, 0.25) is 0 Å². The van der Waals surface area contributed by atoms with E-state index >= 15 is 0 Å². The van der Waals surface area contributed by atoms with E-state index in [9.17, 15) is 0 Å². The van der Waals surface area contributed by atoms with E-state index in [1.807, 2.05) is 42.0 Å². The highest BCUT2D eigenvalue weighted by Gasteiger charge is 2.13. The molecule has 0 fully saturated rings. The van der Waals surface area contributed by atoms with Gasteiger partial charge in [0.1, 0.15) is 0 Å². The molecule has 0 saturated heterocycles. The molecule has 0 amide bonds. The van der Waals surface area contributed by atoms with Crippen LogP contribution in [0.25, 0.3) is 0 Å². The lowest BCUT2D eigenvalue weighted by Gasteiger charge is -2.15. The average molecular weight is 246 g/mol. The van der Waals surface area contributed by atoms with Crippen molar-refractivity contribution in [3.05, 3.63) is 36.2 Å². The van der Waals surface area contributed by atoms with E-state index in [1.54, 1.807) is 7.11 Å². The Hall–Kier alpha value is -1.97. The molecule has 0 spiro atoms. The largest absolute Gasteiger partial charge is 0.493 e. The van der Waals surface area contributed by atoms with Crippen molar-refractivity contribution < 1.29 is 9.47 Å². The van der Waals surface area contributed by atoms with Gasteiger partial charge >= 0.3 is 6.01 Å². The van der Waals surface area contributed by atoms with Crippen LogP contribution in [0.2, 0.25) is 0 Å². The summed E-state index contributed by atoms with van der Waals surface area (Å²) in [5, 5.41) is 0. The summed E-state index contributed by atoms with van der Waals surface area (Å²) >= 11 is 0. The van der Waals surface area contributed by atoms with Crippen LogP contribution < -0.4 is 9.47 Å². The topological polar surface area (TPSA) is 36.3 Å². The molecule has 1 heterocycles. The number of aryl methyl sites for hydroxylation is 1. The van der Waals surface area contributed by atoms with Gasteiger partial charge in [-0.3, -0.25) is 4.57 Å². The number of hydrogen-bond acceptors (Lipinski definition) is 3. The Kier molecular flexibility index (Phi) is 3.55. The second kappa shape index (κ2) is 5.12. The average Bonchev–Trinajstić information content (AvgIpc) is 2.71. The van der Waals surface area contributed by atoms with E-state index in [-0.39, 0.29) is 0 Å². The van der Waals surface area contributed by atoms with E-state index in [1.165, 1.54) is 0 Å². The third-order valence-corrected chi connectivity index (χ3v) is 2.73. The molecule has 0 saturated carbocycles. The molecule has 2 aromatic rings. The Labute approximate surface area is 107 Å². The number of benzene rings is 1. The standard InChI is InChI=1S/C14H18N2O2/c1-10(2)16-11(3)9-15-14(16)18-13-8-6-5-7-12(13)17-4/h5-10H,1-4H3. The molecule has 0 atom stereocenters. The third-order valence-electron chi connectivity index (χ3n) is 2.73. The molecule has 1 aromatic heterocycles. The number of hydrogen-bond donors (Lipinski definition) is 0. The Morgan fingerprint density at radius 2 is 1.83 bits per heavy atom. The zero-order valence-corrected chi connectivity index (χ0v) is 11.2. The minimum absolute atomic E-state index is 0.303. The summed E-state index contributed by atoms with van der Waals surface area (Å²) in [6.07, 6.45) is 1.81. The second-order valence-corrected chi connectivity index (χ2v) is 4.40. The van der Waals surface area contributed by atoms with Crippen LogP contribution >= 0.6 is 0 Å². The summed E-state index contributed by atoms with van der Waals surface area (Å²) in [6.45, 7) is 6.22. The first-order valence-electron chi connectivity index (χ1n) is 5.98. The maximum atomic E-state index is 5.84. The first-order chi connectivity index (χ1) is 8.63. The molecule has 96 valence electrons. The van der Waals surface area contributed by atoms with Gasteiger partial charge in [0.05, 0.1) is 13.3 Å². The van der Waals surface area contributed by atoms with E-state index < -0.39 is 0 Å². The molecule has 0 aliphatic rings. The van der Waals surface area contributed by atoms with Crippen LogP contribution in [-0.2, 0) is 0 Å². The van der Waals surface area contributed by atoms with Gasteiger partial charge in [0.15, 0.2) is 11.5 Å². The molecular formula is C14H18N2O2. The first kappa shape index (κ1) is 12.5. The smallest absolute Gasteiger partial charge is 0.302 e. The van der Waals surface area contributed by atoms with Crippen molar-refractivity contribution in [2.24, 2.45) is 0 Å². The Bertz CT molecular complexity index is 532. The zero-order chi connectivity index (χ0) is 13.1. The van der Waals surface area contributed by atoms with Gasteiger partial charge in [-0.25, -0.2) is 4.98 Å². The van der Waals surface area contributed by atoms with Crippen LogP contribution in [0.1, 0.15) is 25.6 Å². The first-order valence-corrected chi connectivity index (χ1v) is 5.98. The Morgan fingerprint density at radius 3 is 2.44 bits per heavy atom. The van der Waals surface area contributed by atoms with E-state index in [0.717, 1.165) is 5.69 Å². The van der Waals surface area contributed by atoms with Crippen LogP contribution in [0.4, 0.5) is 0 Å². The normalized spacial score (nSPS) is 10.7. The zero-order valence-electron chi connectivity index (χ0n) is 11.2. The number of methoxy groups -OCH3 is 1. The fraction of sp³-hybridized carbons (Fsp3) is 0.357. The summed E-state index contributed by atoms with van der Waals surface area (Å²) in [7, 11) is 1.63. The molecule has 1 aromatic carbocycles. The van der Waals surface area contributed by atoms with Crippen LogP contribution in [0, 0.1) is 6.92 Å². The highest BCUT2D eigenvalue weighted by atomic mass is 16.5. The van der Waals surface area contributed by atoms with Crippen LogP contribution in [0.3, 0.4) is 0 Å². The van der Waals surface area contributed by atoms with Crippen molar-refractivity contribution >= 4 is 0 Å². The predicted molar refractivity (Wildman–Crippen MR) is 70.4 cm³/mol. The van der Waals surface area contributed by atoms with Gasteiger partial charge in [-0.1, -0.05) is 12.1 Å². The maximum Gasteiger partial charge on any atom is 0.302 e. The molecule has 0 N–H and O–H groups in total. The lowest BCUT2D eigenvalue weighted by molar-refractivity contribution is 0.351. The van der Waals surface area contributed by atoms with Gasteiger partial charge < -0.3 is 9.47 Å². The Morgan fingerprint density at radius 1 is 1.17 bits per heavy atom. The maximum absolute atomic E-state index is 5.84. The summed E-state index contributed by atoms with van der Waals surface area (Å²) in [5.41, 5.74) is 1.08. The lowest BCUT2D eigenvalue weighted by atomic mass is 10.3. The third kappa shape index (κ3) is 2.32. The molecule has 0 aliphatic carbocycles. The van der Waals surface area contributed by atoms with Crippen molar-refractivity contribution in [3.8, 4) is 17.5 Å². The molecule has 0 aliphatic heterocycles. The molecule has 2 rings (SSSR count). The van der Waals surface area contributed by atoms with Gasteiger partial charge in [-0.05, 0) is 32.9 Å². The van der Waals surface area contributed by atoms with E-state index in [4.69, 9.17) is 9.47 Å². The van der Waals surface area contributed by atoms with Gasteiger partial charge in [0, 0.05) is 11.7 Å². The molecular weight excluding hydrogens is 228 g/mol. The van der Waals surface area contributed by atoms with Crippen molar-refractivity contribution in [2.45, 2.75) is 26.8 Å². The van der Waals surface area contributed by atoms with Gasteiger partial charge in [-0.2, -0.15) is 0 Å². The summed E-state index contributed by atoms with van der Waals surface area (Å²) in [6, 6.07) is 8.45. The van der Waals surface area contributed by atoms with Crippen LogP contribution in [0.15, 0.2) is 30.5 Å². The SMILES string of the molecule is COc1ccccc1Oc1ncc(C)n1C(C)C. The minimum Gasteiger partial charge on any atom is -0.493 e. The van der Waals surface area contributed by atoms with E-state index in [2.05, 4.69) is 18.8 Å². The summed E-state index contributed by atoms with van der Waals surface area (Å²) in [4.78, 5) is 4.29. The fourth-order valence-electron chi connectivity index (χ4n) is 1.93. The Balaban J connectivity index is 2.34. The summed E-state index contributed by atoms with van der Waals surface area (Å²) in [5.74, 6) is 1.38. The highest BCUT2D eigenvalue weighted by Crippen LogP contribution is 2.31. The van der Waals surface area contributed by atoms with Crippen molar-refractivity contribution in [2.75, 3.05) is 7.11 Å². The number of nitrogens with zero attached hydrogens (tertiary/aromatic N) is 2. The molecule has 18 heavy (non-hydrogen) atoms.